The Kier molecular flexibility index (Phi) is 5.38. The first kappa shape index (κ1) is 17.6. The molecule has 132 valence electrons. The smallest absolute Gasteiger partial charge is 0.314 e. The zero-order valence-corrected chi connectivity index (χ0v) is 15.7. The fraction of sp³-hybridized carbons (Fsp3) is 0.632. The van der Waals surface area contributed by atoms with Crippen LogP contribution in [0.25, 0.3) is 0 Å². The van der Waals surface area contributed by atoms with Crippen LogP contribution in [0, 0.1) is 0 Å². The fourth-order valence-electron chi connectivity index (χ4n) is 4.09. The second-order valence-corrected chi connectivity index (χ2v) is 7.81. The van der Waals surface area contributed by atoms with Crippen LogP contribution in [-0.2, 0) is 10.2 Å². The Labute approximate surface area is 151 Å². The molecule has 2 aliphatic carbocycles. The van der Waals surface area contributed by atoms with Crippen LogP contribution in [0.4, 0.5) is 0 Å². The third kappa shape index (κ3) is 3.28. The Bertz CT molecular complexity index is 602. The number of hydrogen-bond donors (Lipinski definition) is 1. The molecule has 2 aliphatic rings. The van der Waals surface area contributed by atoms with Gasteiger partial charge in [-0.25, -0.2) is 0 Å². The molecule has 0 unspecified atom stereocenters. The number of ether oxygens (including phenoxy) is 2. The van der Waals surface area contributed by atoms with Gasteiger partial charge in [-0.3, -0.25) is 4.79 Å². The molecule has 0 spiro atoms. The number of hydrogen-bond acceptors (Lipinski definition) is 3. The van der Waals surface area contributed by atoms with E-state index in [1.165, 1.54) is 12.8 Å². The van der Waals surface area contributed by atoms with Crippen molar-refractivity contribution in [2.75, 3.05) is 7.11 Å². The Morgan fingerprint density at radius 2 is 1.79 bits per heavy atom. The lowest BCUT2D eigenvalue weighted by molar-refractivity contribution is -0.145. The number of halogens is 1. The zero-order valence-electron chi connectivity index (χ0n) is 14.1. The van der Waals surface area contributed by atoms with Crippen molar-refractivity contribution in [3.05, 3.63) is 22.2 Å². The van der Waals surface area contributed by atoms with Gasteiger partial charge in [0.05, 0.1) is 18.6 Å². The van der Waals surface area contributed by atoms with Gasteiger partial charge < -0.3 is 14.6 Å². The van der Waals surface area contributed by atoms with Crippen molar-refractivity contribution in [1.82, 2.24) is 0 Å². The molecule has 0 aromatic heterocycles. The summed E-state index contributed by atoms with van der Waals surface area (Å²) in [6.45, 7) is 0. The summed E-state index contributed by atoms with van der Waals surface area (Å²) in [4.78, 5) is 12.1. The standard InChI is InChI=1S/C19H25BrO4/c1-23-16-11-14(19(18(21)22)9-5-2-6-10-19)15(20)12-17(16)24-13-7-3-4-8-13/h11-13H,2-10H2,1H3,(H,21,22). The minimum Gasteiger partial charge on any atom is -0.493 e. The van der Waals surface area contributed by atoms with Crippen LogP contribution in [0.2, 0.25) is 0 Å². The third-order valence-electron chi connectivity index (χ3n) is 5.48. The van der Waals surface area contributed by atoms with Crippen molar-refractivity contribution in [3.63, 3.8) is 0 Å². The number of carbonyl (C=O) groups is 1. The van der Waals surface area contributed by atoms with Crippen LogP contribution >= 0.6 is 15.9 Å². The topological polar surface area (TPSA) is 55.8 Å². The average Bonchev–Trinajstić information content (AvgIpc) is 3.08. The van der Waals surface area contributed by atoms with E-state index < -0.39 is 11.4 Å². The summed E-state index contributed by atoms with van der Waals surface area (Å²) in [6.07, 6.45) is 9.13. The minimum atomic E-state index is -0.823. The summed E-state index contributed by atoms with van der Waals surface area (Å²) in [5, 5.41) is 9.94. The molecule has 0 radical (unpaired) electrons. The molecule has 0 aliphatic heterocycles. The number of benzene rings is 1. The summed E-state index contributed by atoms with van der Waals surface area (Å²) in [5.74, 6) is 0.595. The van der Waals surface area contributed by atoms with E-state index in [9.17, 15) is 9.90 Å². The summed E-state index contributed by atoms with van der Waals surface area (Å²) in [7, 11) is 1.61. The Hall–Kier alpha value is -1.23. The average molecular weight is 397 g/mol. The molecule has 0 bridgehead atoms. The zero-order chi connectivity index (χ0) is 17.2. The SMILES string of the molecule is COc1cc(C2(C(=O)O)CCCCC2)c(Br)cc1OC1CCCC1. The summed E-state index contributed by atoms with van der Waals surface area (Å²) in [5.41, 5.74) is -0.0127. The first-order valence-corrected chi connectivity index (χ1v) is 9.64. The van der Waals surface area contributed by atoms with E-state index in [1.54, 1.807) is 7.11 Å². The number of methoxy groups -OCH3 is 1. The van der Waals surface area contributed by atoms with Crippen LogP contribution in [0.3, 0.4) is 0 Å². The quantitative estimate of drug-likeness (QED) is 0.754. The predicted molar refractivity (Wildman–Crippen MR) is 96.0 cm³/mol. The van der Waals surface area contributed by atoms with Crippen LogP contribution in [0.15, 0.2) is 16.6 Å². The van der Waals surface area contributed by atoms with Crippen molar-refractivity contribution in [3.8, 4) is 11.5 Å². The molecule has 0 saturated heterocycles. The van der Waals surface area contributed by atoms with Crippen molar-refractivity contribution >= 4 is 21.9 Å². The van der Waals surface area contributed by atoms with E-state index in [0.29, 0.717) is 24.3 Å². The van der Waals surface area contributed by atoms with Gasteiger partial charge in [0, 0.05) is 4.47 Å². The second-order valence-electron chi connectivity index (χ2n) is 6.96. The number of rotatable bonds is 5. The maximum atomic E-state index is 12.1. The number of carboxylic acids is 1. The van der Waals surface area contributed by atoms with E-state index in [4.69, 9.17) is 9.47 Å². The van der Waals surface area contributed by atoms with E-state index >= 15 is 0 Å². The van der Waals surface area contributed by atoms with Gasteiger partial charge in [-0.2, -0.15) is 0 Å². The van der Waals surface area contributed by atoms with Gasteiger partial charge in [-0.1, -0.05) is 35.2 Å². The lowest BCUT2D eigenvalue weighted by Crippen LogP contribution is -2.38. The van der Waals surface area contributed by atoms with Crippen molar-refractivity contribution in [2.24, 2.45) is 0 Å². The Morgan fingerprint density at radius 1 is 1.12 bits per heavy atom. The molecule has 2 fully saturated rings. The molecule has 5 heteroatoms. The van der Waals surface area contributed by atoms with Crippen molar-refractivity contribution in [2.45, 2.75) is 69.3 Å². The molecule has 24 heavy (non-hydrogen) atoms. The van der Waals surface area contributed by atoms with Gasteiger partial charge >= 0.3 is 5.97 Å². The van der Waals surface area contributed by atoms with E-state index in [-0.39, 0.29) is 6.10 Å². The maximum Gasteiger partial charge on any atom is 0.314 e. The van der Waals surface area contributed by atoms with E-state index in [2.05, 4.69) is 15.9 Å². The number of aliphatic carboxylic acids is 1. The lowest BCUT2D eigenvalue weighted by atomic mass is 9.69. The highest BCUT2D eigenvalue weighted by atomic mass is 79.9. The molecular weight excluding hydrogens is 372 g/mol. The molecule has 0 atom stereocenters. The van der Waals surface area contributed by atoms with Gasteiger partial charge in [0.2, 0.25) is 0 Å². The molecule has 1 N–H and O–H groups in total. The highest BCUT2D eigenvalue weighted by Crippen LogP contribution is 2.46. The summed E-state index contributed by atoms with van der Waals surface area (Å²) < 4.78 is 12.4. The largest absolute Gasteiger partial charge is 0.493 e. The van der Waals surface area contributed by atoms with Gasteiger partial charge in [0.15, 0.2) is 11.5 Å². The Morgan fingerprint density at radius 3 is 2.38 bits per heavy atom. The first-order chi connectivity index (χ1) is 11.6. The van der Waals surface area contributed by atoms with E-state index in [1.807, 2.05) is 12.1 Å². The van der Waals surface area contributed by atoms with Gasteiger partial charge in [0.25, 0.3) is 0 Å². The maximum absolute atomic E-state index is 12.1. The third-order valence-corrected chi connectivity index (χ3v) is 6.14. The van der Waals surface area contributed by atoms with Gasteiger partial charge in [-0.05, 0) is 56.2 Å². The highest BCUT2D eigenvalue weighted by Gasteiger charge is 2.43. The normalized spacial score (nSPS) is 20.8. The Balaban J connectivity index is 1.97. The molecule has 4 nitrogen and oxygen atoms in total. The molecule has 1 aromatic rings. The van der Waals surface area contributed by atoms with Crippen molar-refractivity contribution < 1.29 is 19.4 Å². The summed E-state index contributed by atoms with van der Waals surface area (Å²) in [6, 6.07) is 3.76. The van der Waals surface area contributed by atoms with Crippen LogP contribution in [0.5, 0.6) is 11.5 Å². The summed E-state index contributed by atoms with van der Waals surface area (Å²) >= 11 is 3.60. The molecule has 1 aromatic carbocycles. The van der Waals surface area contributed by atoms with Crippen LogP contribution in [-0.4, -0.2) is 24.3 Å². The molecule has 0 heterocycles. The number of carboxylic acid groups (broad SMARTS) is 1. The van der Waals surface area contributed by atoms with Crippen LogP contribution < -0.4 is 9.47 Å². The second kappa shape index (κ2) is 7.34. The molecule has 3 rings (SSSR count). The lowest BCUT2D eigenvalue weighted by Gasteiger charge is -2.35. The minimum absolute atomic E-state index is 0.236. The van der Waals surface area contributed by atoms with Gasteiger partial charge in [-0.15, -0.1) is 0 Å². The fourth-order valence-corrected chi connectivity index (χ4v) is 4.79. The van der Waals surface area contributed by atoms with E-state index in [0.717, 1.165) is 42.1 Å². The predicted octanol–water partition coefficient (Wildman–Crippen LogP) is 5.07. The first-order valence-electron chi connectivity index (χ1n) is 8.85. The van der Waals surface area contributed by atoms with Crippen LogP contribution in [0.1, 0.15) is 63.4 Å². The molecule has 0 amide bonds. The molecule has 2 saturated carbocycles. The monoisotopic (exact) mass is 396 g/mol. The molecular formula is C19H25BrO4. The van der Waals surface area contributed by atoms with Gasteiger partial charge in [0.1, 0.15) is 0 Å². The highest BCUT2D eigenvalue weighted by molar-refractivity contribution is 9.10. The van der Waals surface area contributed by atoms with Crippen molar-refractivity contribution in [1.29, 1.82) is 0 Å².